The summed E-state index contributed by atoms with van der Waals surface area (Å²) >= 11 is 0. The van der Waals surface area contributed by atoms with E-state index in [2.05, 4.69) is 10.6 Å². The van der Waals surface area contributed by atoms with E-state index in [0.29, 0.717) is 12.5 Å². The quantitative estimate of drug-likeness (QED) is 0.681. The molecule has 0 spiro atoms. The molecule has 6 nitrogen and oxygen atoms in total. The van der Waals surface area contributed by atoms with E-state index in [-0.39, 0.29) is 12.1 Å². The summed E-state index contributed by atoms with van der Waals surface area (Å²) in [6.45, 7) is 6.60. The van der Waals surface area contributed by atoms with Gasteiger partial charge < -0.3 is 20.5 Å². The second-order valence-electron chi connectivity index (χ2n) is 4.95. The predicted molar refractivity (Wildman–Crippen MR) is 66.3 cm³/mol. The summed E-state index contributed by atoms with van der Waals surface area (Å²) in [4.78, 5) is 22.5. The molecule has 2 amide bonds. The van der Waals surface area contributed by atoms with Crippen LogP contribution >= 0.6 is 0 Å². The summed E-state index contributed by atoms with van der Waals surface area (Å²) in [5.41, 5.74) is 0. The Bertz CT molecular complexity index is 302. The first-order valence-electron chi connectivity index (χ1n) is 6.29. The highest BCUT2D eigenvalue weighted by molar-refractivity contribution is 5.76. The smallest absolute Gasteiger partial charge is 0.315 e. The maximum atomic E-state index is 11.7. The Labute approximate surface area is 107 Å². The number of hydrogen-bond acceptors (Lipinski definition) is 3. The lowest BCUT2D eigenvalue weighted by Crippen LogP contribution is -2.49. The molecule has 6 heteroatoms. The summed E-state index contributed by atoms with van der Waals surface area (Å²) in [6, 6.07) is -0.704. The van der Waals surface area contributed by atoms with Crippen molar-refractivity contribution in [1.29, 1.82) is 0 Å². The van der Waals surface area contributed by atoms with Crippen molar-refractivity contribution in [2.24, 2.45) is 11.8 Å². The molecule has 1 rings (SSSR count). The zero-order chi connectivity index (χ0) is 13.7. The van der Waals surface area contributed by atoms with Gasteiger partial charge in [0.15, 0.2) is 0 Å². The lowest BCUT2D eigenvalue weighted by atomic mass is 10.0. The summed E-state index contributed by atoms with van der Waals surface area (Å²) in [7, 11) is 0. The average molecular weight is 258 g/mol. The normalized spacial score (nSPS) is 24.1. The van der Waals surface area contributed by atoms with E-state index in [1.54, 1.807) is 13.8 Å². The highest BCUT2D eigenvalue weighted by atomic mass is 16.5. The molecule has 0 aromatic carbocycles. The fourth-order valence-electron chi connectivity index (χ4n) is 1.86. The van der Waals surface area contributed by atoms with Crippen LogP contribution in [0.25, 0.3) is 0 Å². The van der Waals surface area contributed by atoms with E-state index in [9.17, 15) is 9.59 Å². The molecule has 0 aromatic heterocycles. The standard InChI is InChI=1S/C12H22N2O4/c1-7(11(15)16)8(2)13-12(17)14-9(3)10-4-5-18-6-10/h7-10H,4-6H2,1-3H3,(H,15,16)(H2,13,14,17). The third-order valence-electron chi connectivity index (χ3n) is 3.53. The number of amides is 2. The number of nitrogens with one attached hydrogen (secondary N) is 2. The molecule has 1 fully saturated rings. The van der Waals surface area contributed by atoms with E-state index >= 15 is 0 Å². The number of carboxylic acids is 1. The van der Waals surface area contributed by atoms with Gasteiger partial charge in [-0.3, -0.25) is 4.79 Å². The van der Waals surface area contributed by atoms with E-state index in [4.69, 9.17) is 9.84 Å². The number of carbonyl (C=O) groups is 2. The van der Waals surface area contributed by atoms with Crippen molar-refractivity contribution in [2.45, 2.75) is 39.3 Å². The van der Waals surface area contributed by atoms with Gasteiger partial charge in [0, 0.05) is 24.6 Å². The Morgan fingerprint density at radius 3 is 2.44 bits per heavy atom. The summed E-state index contributed by atoms with van der Waals surface area (Å²) < 4.78 is 5.26. The summed E-state index contributed by atoms with van der Waals surface area (Å²) in [6.07, 6.45) is 0.947. The Morgan fingerprint density at radius 1 is 1.28 bits per heavy atom. The predicted octanol–water partition coefficient (Wildman–Crippen LogP) is 0.820. The SMILES string of the molecule is CC(NC(=O)NC(C)C(C)C(=O)O)C1CCOC1. The van der Waals surface area contributed by atoms with E-state index in [1.165, 1.54) is 0 Å². The van der Waals surface area contributed by atoms with Crippen LogP contribution in [0.4, 0.5) is 4.79 Å². The second-order valence-corrected chi connectivity index (χ2v) is 4.95. The largest absolute Gasteiger partial charge is 0.481 e. The van der Waals surface area contributed by atoms with Crippen molar-refractivity contribution in [3.05, 3.63) is 0 Å². The van der Waals surface area contributed by atoms with Crippen molar-refractivity contribution in [1.82, 2.24) is 10.6 Å². The Balaban J connectivity index is 2.34. The van der Waals surface area contributed by atoms with Gasteiger partial charge in [0.1, 0.15) is 0 Å². The zero-order valence-corrected chi connectivity index (χ0v) is 11.1. The summed E-state index contributed by atoms with van der Waals surface area (Å²) in [5.74, 6) is -1.19. The van der Waals surface area contributed by atoms with Crippen molar-refractivity contribution in [2.75, 3.05) is 13.2 Å². The van der Waals surface area contributed by atoms with Gasteiger partial charge in [-0.1, -0.05) is 0 Å². The van der Waals surface area contributed by atoms with Gasteiger partial charge in [-0.15, -0.1) is 0 Å². The maximum absolute atomic E-state index is 11.7. The van der Waals surface area contributed by atoms with E-state index in [0.717, 1.165) is 13.0 Å². The molecular weight excluding hydrogens is 236 g/mol. The first-order valence-corrected chi connectivity index (χ1v) is 6.29. The molecule has 3 N–H and O–H groups in total. The third-order valence-corrected chi connectivity index (χ3v) is 3.53. The minimum Gasteiger partial charge on any atom is -0.481 e. The molecule has 1 heterocycles. The van der Waals surface area contributed by atoms with Gasteiger partial charge in [-0.25, -0.2) is 4.79 Å². The molecule has 18 heavy (non-hydrogen) atoms. The number of carbonyl (C=O) groups excluding carboxylic acids is 1. The molecule has 1 saturated heterocycles. The molecular formula is C12H22N2O4. The molecule has 0 aromatic rings. The Kier molecular flexibility index (Phi) is 5.40. The topological polar surface area (TPSA) is 87.7 Å². The van der Waals surface area contributed by atoms with Crippen LogP contribution in [0.1, 0.15) is 27.2 Å². The number of urea groups is 1. The lowest BCUT2D eigenvalue weighted by molar-refractivity contribution is -0.141. The van der Waals surface area contributed by atoms with Crippen LogP contribution in [0.15, 0.2) is 0 Å². The monoisotopic (exact) mass is 258 g/mol. The number of hydrogen-bond donors (Lipinski definition) is 3. The number of rotatable bonds is 5. The van der Waals surface area contributed by atoms with Gasteiger partial charge in [0.2, 0.25) is 0 Å². The molecule has 1 aliphatic rings. The molecule has 0 radical (unpaired) electrons. The third kappa shape index (κ3) is 4.18. The minimum atomic E-state index is -0.917. The lowest BCUT2D eigenvalue weighted by Gasteiger charge is -2.23. The Morgan fingerprint density at radius 2 is 1.94 bits per heavy atom. The van der Waals surface area contributed by atoms with Gasteiger partial charge >= 0.3 is 12.0 Å². The number of aliphatic carboxylic acids is 1. The van der Waals surface area contributed by atoms with Crippen LogP contribution in [-0.2, 0) is 9.53 Å². The highest BCUT2D eigenvalue weighted by Crippen LogP contribution is 2.16. The number of carboxylic acid groups (broad SMARTS) is 1. The first kappa shape index (κ1) is 14.8. The van der Waals surface area contributed by atoms with Crippen molar-refractivity contribution < 1.29 is 19.4 Å². The van der Waals surface area contributed by atoms with Crippen LogP contribution in [0, 0.1) is 11.8 Å². The molecule has 4 unspecified atom stereocenters. The van der Waals surface area contributed by atoms with Crippen LogP contribution < -0.4 is 10.6 Å². The molecule has 0 saturated carbocycles. The van der Waals surface area contributed by atoms with Crippen LogP contribution in [0.2, 0.25) is 0 Å². The second kappa shape index (κ2) is 6.58. The molecule has 104 valence electrons. The maximum Gasteiger partial charge on any atom is 0.315 e. The van der Waals surface area contributed by atoms with Gasteiger partial charge in [0.25, 0.3) is 0 Å². The molecule has 1 aliphatic heterocycles. The van der Waals surface area contributed by atoms with Crippen LogP contribution in [0.5, 0.6) is 0 Å². The minimum absolute atomic E-state index is 0.0276. The summed E-state index contributed by atoms with van der Waals surface area (Å²) in [5, 5.41) is 14.3. The molecule has 0 aliphatic carbocycles. The van der Waals surface area contributed by atoms with Crippen molar-refractivity contribution in [3.63, 3.8) is 0 Å². The van der Waals surface area contributed by atoms with Crippen LogP contribution in [-0.4, -0.2) is 42.4 Å². The fourth-order valence-corrected chi connectivity index (χ4v) is 1.86. The Hall–Kier alpha value is -1.30. The van der Waals surface area contributed by atoms with Gasteiger partial charge in [-0.05, 0) is 27.2 Å². The van der Waals surface area contributed by atoms with E-state index in [1.807, 2.05) is 6.92 Å². The highest BCUT2D eigenvalue weighted by Gasteiger charge is 2.25. The fraction of sp³-hybridized carbons (Fsp3) is 0.833. The zero-order valence-electron chi connectivity index (χ0n) is 11.1. The molecule has 0 bridgehead atoms. The van der Waals surface area contributed by atoms with Gasteiger partial charge in [-0.2, -0.15) is 0 Å². The first-order chi connectivity index (χ1) is 8.41. The average Bonchev–Trinajstić information content (AvgIpc) is 2.80. The van der Waals surface area contributed by atoms with E-state index < -0.39 is 17.9 Å². The number of ether oxygens (including phenoxy) is 1. The van der Waals surface area contributed by atoms with Crippen LogP contribution in [0.3, 0.4) is 0 Å². The van der Waals surface area contributed by atoms with Crippen molar-refractivity contribution >= 4 is 12.0 Å². The molecule has 4 atom stereocenters. The van der Waals surface area contributed by atoms with Gasteiger partial charge in [0.05, 0.1) is 12.5 Å². The van der Waals surface area contributed by atoms with Crippen molar-refractivity contribution in [3.8, 4) is 0 Å².